The first-order chi connectivity index (χ1) is 9.78. The van der Waals surface area contributed by atoms with Crippen LogP contribution < -0.4 is 15.8 Å². The van der Waals surface area contributed by atoms with E-state index in [0.717, 1.165) is 49.7 Å². The number of rotatable bonds is 7. The van der Waals surface area contributed by atoms with Gasteiger partial charge in [-0.3, -0.25) is 0 Å². The molecule has 4 nitrogen and oxygen atoms in total. The molecule has 1 unspecified atom stereocenters. The second-order valence-corrected chi connectivity index (χ2v) is 5.34. The van der Waals surface area contributed by atoms with Gasteiger partial charge in [0.25, 0.3) is 0 Å². The first kappa shape index (κ1) is 15.0. The molecule has 112 valence electrons. The fourth-order valence-corrected chi connectivity index (χ4v) is 2.44. The van der Waals surface area contributed by atoms with E-state index in [1.54, 1.807) is 0 Å². The van der Waals surface area contributed by atoms with Crippen LogP contribution in [0.15, 0.2) is 18.2 Å². The summed E-state index contributed by atoms with van der Waals surface area (Å²) in [6, 6.07) is 5.82. The average Bonchev–Trinajstić information content (AvgIpc) is 2.46. The van der Waals surface area contributed by atoms with Crippen LogP contribution in [-0.2, 0) is 4.74 Å². The van der Waals surface area contributed by atoms with Crippen LogP contribution in [0.4, 0.5) is 11.4 Å². The van der Waals surface area contributed by atoms with Gasteiger partial charge in [-0.1, -0.05) is 6.92 Å². The lowest BCUT2D eigenvalue weighted by molar-refractivity contribution is 0.0134. The van der Waals surface area contributed by atoms with Gasteiger partial charge in [-0.25, -0.2) is 0 Å². The molecule has 0 amide bonds. The lowest BCUT2D eigenvalue weighted by Crippen LogP contribution is -2.22. The molecule has 0 bridgehead atoms. The molecule has 0 aliphatic carbocycles. The normalized spacial score (nSPS) is 18.8. The zero-order valence-corrected chi connectivity index (χ0v) is 12.4. The zero-order chi connectivity index (χ0) is 14.2. The number of hydrogen-bond donors (Lipinski definition) is 2. The van der Waals surface area contributed by atoms with Crippen molar-refractivity contribution in [2.24, 2.45) is 0 Å². The number of nitrogens with two attached hydrogens (primary N) is 1. The minimum atomic E-state index is 0.410. The quantitative estimate of drug-likeness (QED) is 0.750. The highest BCUT2D eigenvalue weighted by Crippen LogP contribution is 2.23. The van der Waals surface area contributed by atoms with E-state index < -0.39 is 0 Å². The first-order valence-electron chi connectivity index (χ1n) is 7.67. The Morgan fingerprint density at radius 3 is 3.00 bits per heavy atom. The Hall–Kier alpha value is -1.42. The molecule has 20 heavy (non-hydrogen) atoms. The van der Waals surface area contributed by atoms with Gasteiger partial charge in [0.2, 0.25) is 0 Å². The van der Waals surface area contributed by atoms with E-state index >= 15 is 0 Å². The van der Waals surface area contributed by atoms with E-state index in [1.807, 2.05) is 18.2 Å². The van der Waals surface area contributed by atoms with E-state index in [0.29, 0.717) is 6.10 Å². The summed E-state index contributed by atoms with van der Waals surface area (Å²) in [6.45, 7) is 4.63. The summed E-state index contributed by atoms with van der Waals surface area (Å²) in [7, 11) is 0. The topological polar surface area (TPSA) is 56.5 Å². The van der Waals surface area contributed by atoms with Gasteiger partial charge in [-0.15, -0.1) is 0 Å². The van der Waals surface area contributed by atoms with Crippen LogP contribution >= 0.6 is 0 Å². The zero-order valence-electron chi connectivity index (χ0n) is 12.4. The maximum Gasteiger partial charge on any atom is 0.123 e. The second kappa shape index (κ2) is 8.00. The third kappa shape index (κ3) is 4.93. The highest BCUT2D eigenvalue weighted by molar-refractivity contribution is 5.59. The lowest BCUT2D eigenvalue weighted by atomic mass is 10.1. The lowest BCUT2D eigenvalue weighted by Gasteiger charge is -2.22. The highest BCUT2D eigenvalue weighted by atomic mass is 16.5. The van der Waals surface area contributed by atoms with E-state index in [2.05, 4.69) is 12.2 Å². The summed E-state index contributed by atoms with van der Waals surface area (Å²) in [6.07, 6.45) is 6.13. The molecular weight excluding hydrogens is 252 g/mol. The molecule has 4 heteroatoms. The van der Waals surface area contributed by atoms with Gasteiger partial charge in [-0.2, -0.15) is 0 Å². The molecule has 1 fully saturated rings. The molecule has 2 rings (SSSR count). The molecular formula is C16H26N2O2. The molecule has 0 radical (unpaired) electrons. The Labute approximate surface area is 121 Å². The molecule has 1 atom stereocenters. The fourth-order valence-electron chi connectivity index (χ4n) is 2.44. The number of nitrogens with one attached hydrogen (secondary N) is 1. The number of ether oxygens (including phenoxy) is 2. The third-order valence-corrected chi connectivity index (χ3v) is 3.47. The standard InChI is InChI=1S/C16H26N2O2/c1-2-8-19-16-11-13(17)10-14(12-16)18-7-6-15-5-3-4-9-20-15/h10-12,15,18H,2-9,17H2,1H3. The van der Waals surface area contributed by atoms with Crippen molar-refractivity contribution in [1.82, 2.24) is 0 Å². The number of nitrogen functional groups attached to an aromatic ring is 1. The molecule has 1 aromatic rings. The van der Waals surface area contributed by atoms with E-state index in [-0.39, 0.29) is 0 Å². The van der Waals surface area contributed by atoms with Crippen LogP contribution in [0.5, 0.6) is 5.75 Å². The Morgan fingerprint density at radius 2 is 2.25 bits per heavy atom. The van der Waals surface area contributed by atoms with Crippen molar-refractivity contribution < 1.29 is 9.47 Å². The van der Waals surface area contributed by atoms with Crippen LogP contribution in [0.2, 0.25) is 0 Å². The molecule has 1 aliphatic rings. The minimum absolute atomic E-state index is 0.410. The van der Waals surface area contributed by atoms with Gasteiger partial charge < -0.3 is 20.5 Å². The van der Waals surface area contributed by atoms with Crippen molar-refractivity contribution in [1.29, 1.82) is 0 Å². The van der Waals surface area contributed by atoms with Crippen LogP contribution in [0, 0.1) is 0 Å². The average molecular weight is 278 g/mol. The van der Waals surface area contributed by atoms with Crippen LogP contribution in [0.3, 0.4) is 0 Å². The number of anilines is 2. The van der Waals surface area contributed by atoms with Gasteiger partial charge in [0.1, 0.15) is 5.75 Å². The van der Waals surface area contributed by atoms with Crippen molar-refractivity contribution in [2.45, 2.75) is 45.1 Å². The monoisotopic (exact) mass is 278 g/mol. The summed E-state index contributed by atoms with van der Waals surface area (Å²) in [5.41, 5.74) is 7.65. The van der Waals surface area contributed by atoms with E-state index in [4.69, 9.17) is 15.2 Å². The second-order valence-electron chi connectivity index (χ2n) is 5.34. The van der Waals surface area contributed by atoms with Crippen molar-refractivity contribution in [3.05, 3.63) is 18.2 Å². The predicted octanol–water partition coefficient (Wildman–Crippen LogP) is 3.43. The van der Waals surface area contributed by atoms with E-state index in [9.17, 15) is 0 Å². The van der Waals surface area contributed by atoms with Crippen LogP contribution in [-0.4, -0.2) is 25.9 Å². The summed E-state index contributed by atoms with van der Waals surface area (Å²) in [5, 5.41) is 3.41. The number of benzene rings is 1. The van der Waals surface area contributed by atoms with Crippen LogP contribution in [0.1, 0.15) is 39.0 Å². The molecule has 0 spiro atoms. The largest absolute Gasteiger partial charge is 0.493 e. The fraction of sp³-hybridized carbons (Fsp3) is 0.625. The smallest absolute Gasteiger partial charge is 0.123 e. The molecule has 1 heterocycles. The Bertz CT molecular complexity index is 403. The maximum atomic E-state index is 5.90. The van der Waals surface area contributed by atoms with Crippen molar-refractivity contribution >= 4 is 11.4 Å². The summed E-state index contributed by atoms with van der Waals surface area (Å²) in [4.78, 5) is 0. The summed E-state index contributed by atoms with van der Waals surface area (Å²) in [5.74, 6) is 0.836. The number of hydrogen-bond acceptors (Lipinski definition) is 4. The van der Waals surface area contributed by atoms with Gasteiger partial charge in [0, 0.05) is 36.7 Å². The molecule has 0 aromatic heterocycles. The Morgan fingerprint density at radius 1 is 1.35 bits per heavy atom. The van der Waals surface area contributed by atoms with Gasteiger partial charge >= 0.3 is 0 Å². The third-order valence-electron chi connectivity index (χ3n) is 3.47. The van der Waals surface area contributed by atoms with E-state index in [1.165, 1.54) is 19.3 Å². The Kier molecular flexibility index (Phi) is 5.99. The minimum Gasteiger partial charge on any atom is -0.493 e. The van der Waals surface area contributed by atoms with Gasteiger partial charge in [0.15, 0.2) is 0 Å². The highest BCUT2D eigenvalue weighted by Gasteiger charge is 2.13. The van der Waals surface area contributed by atoms with Gasteiger partial charge in [0.05, 0.1) is 12.7 Å². The molecule has 3 N–H and O–H groups in total. The summed E-state index contributed by atoms with van der Waals surface area (Å²) >= 11 is 0. The van der Waals surface area contributed by atoms with Crippen molar-refractivity contribution in [3.63, 3.8) is 0 Å². The SMILES string of the molecule is CCCOc1cc(N)cc(NCCC2CCCCO2)c1. The Balaban J connectivity index is 1.80. The van der Waals surface area contributed by atoms with Crippen LogP contribution in [0.25, 0.3) is 0 Å². The predicted molar refractivity (Wildman–Crippen MR) is 83.3 cm³/mol. The molecule has 1 aliphatic heterocycles. The summed E-state index contributed by atoms with van der Waals surface area (Å²) < 4.78 is 11.4. The maximum absolute atomic E-state index is 5.90. The molecule has 0 saturated carbocycles. The van der Waals surface area contributed by atoms with Crippen molar-refractivity contribution in [2.75, 3.05) is 30.8 Å². The molecule has 1 aromatic carbocycles. The van der Waals surface area contributed by atoms with Crippen molar-refractivity contribution in [3.8, 4) is 5.75 Å². The first-order valence-corrected chi connectivity index (χ1v) is 7.67. The molecule has 1 saturated heterocycles. The van der Waals surface area contributed by atoms with Gasteiger partial charge in [-0.05, 0) is 38.2 Å².